The highest BCUT2D eigenvalue weighted by Gasteiger charge is 2.17. The lowest BCUT2D eigenvalue weighted by molar-refractivity contribution is -0.124. The SMILES string of the molecule is CC(Oc1cccc(Cl)c1)C(=O)Cc1ccc(Cl)cc1F. The summed E-state index contributed by atoms with van der Waals surface area (Å²) in [7, 11) is 0. The maximum atomic E-state index is 13.7. The molecule has 0 bridgehead atoms. The zero-order chi connectivity index (χ0) is 15.4. The van der Waals surface area contributed by atoms with Gasteiger partial charge < -0.3 is 4.74 Å². The summed E-state index contributed by atoms with van der Waals surface area (Å²) in [5, 5.41) is 0.822. The molecule has 0 fully saturated rings. The van der Waals surface area contributed by atoms with Crippen LogP contribution in [0.1, 0.15) is 12.5 Å². The summed E-state index contributed by atoms with van der Waals surface area (Å²) in [6, 6.07) is 11.0. The standard InChI is InChI=1S/C16H13Cl2FO2/c1-10(21-14-4-2-3-12(17)8-14)16(20)7-11-5-6-13(18)9-15(11)19/h2-6,8-10H,7H2,1H3. The highest BCUT2D eigenvalue weighted by molar-refractivity contribution is 6.30. The van der Waals surface area contributed by atoms with Crippen LogP contribution in [0.5, 0.6) is 5.75 Å². The highest BCUT2D eigenvalue weighted by Crippen LogP contribution is 2.20. The van der Waals surface area contributed by atoms with Crippen molar-refractivity contribution in [3.63, 3.8) is 0 Å². The van der Waals surface area contributed by atoms with Crippen LogP contribution in [0.2, 0.25) is 10.0 Å². The Morgan fingerprint density at radius 1 is 1.19 bits per heavy atom. The topological polar surface area (TPSA) is 26.3 Å². The summed E-state index contributed by atoms with van der Waals surface area (Å²) in [6.45, 7) is 1.62. The molecule has 0 saturated carbocycles. The van der Waals surface area contributed by atoms with Crippen molar-refractivity contribution in [1.82, 2.24) is 0 Å². The molecule has 0 amide bonds. The predicted octanol–water partition coefficient (Wildman–Crippen LogP) is 4.71. The molecule has 0 spiro atoms. The molecule has 1 unspecified atom stereocenters. The smallest absolute Gasteiger partial charge is 0.177 e. The third-order valence-electron chi connectivity index (χ3n) is 2.94. The molecule has 1 atom stereocenters. The third kappa shape index (κ3) is 4.45. The van der Waals surface area contributed by atoms with Crippen LogP contribution in [0, 0.1) is 5.82 Å². The molecule has 5 heteroatoms. The Balaban J connectivity index is 2.02. The predicted molar refractivity (Wildman–Crippen MR) is 81.7 cm³/mol. The maximum absolute atomic E-state index is 13.7. The van der Waals surface area contributed by atoms with Gasteiger partial charge in [-0.25, -0.2) is 4.39 Å². The minimum absolute atomic E-state index is 0.0509. The van der Waals surface area contributed by atoms with Crippen molar-refractivity contribution in [2.45, 2.75) is 19.4 Å². The molecule has 2 aromatic rings. The quantitative estimate of drug-likeness (QED) is 0.795. The zero-order valence-corrected chi connectivity index (χ0v) is 12.8. The minimum atomic E-state index is -0.696. The van der Waals surface area contributed by atoms with Gasteiger partial charge in [-0.1, -0.05) is 35.3 Å². The van der Waals surface area contributed by atoms with Crippen molar-refractivity contribution < 1.29 is 13.9 Å². The van der Waals surface area contributed by atoms with E-state index in [1.807, 2.05) is 0 Å². The van der Waals surface area contributed by atoms with Crippen LogP contribution in [0.4, 0.5) is 4.39 Å². The average Bonchev–Trinajstić information content (AvgIpc) is 2.41. The normalized spacial score (nSPS) is 12.0. The maximum Gasteiger partial charge on any atom is 0.177 e. The summed E-state index contributed by atoms with van der Waals surface area (Å²) < 4.78 is 19.2. The van der Waals surface area contributed by atoms with Crippen LogP contribution in [0.15, 0.2) is 42.5 Å². The Labute approximate surface area is 132 Å². The van der Waals surface area contributed by atoms with E-state index in [4.69, 9.17) is 27.9 Å². The first-order valence-electron chi connectivity index (χ1n) is 6.34. The van der Waals surface area contributed by atoms with E-state index >= 15 is 0 Å². The van der Waals surface area contributed by atoms with Crippen molar-refractivity contribution in [3.05, 3.63) is 63.9 Å². The fourth-order valence-corrected chi connectivity index (χ4v) is 2.15. The van der Waals surface area contributed by atoms with Gasteiger partial charge in [0.15, 0.2) is 11.9 Å². The highest BCUT2D eigenvalue weighted by atomic mass is 35.5. The lowest BCUT2D eigenvalue weighted by atomic mass is 10.1. The number of ketones is 1. The van der Waals surface area contributed by atoms with Crippen molar-refractivity contribution in [2.75, 3.05) is 0 Å². The van der Waals surface area contributed by atoms with E-state index in [-0.39, 0.29) is 12.2 Å². The molecule has 0 aromatic heterocycles. The van der Waals surface area contributed by atoms with Gasteiger partial charge in [-0.2, -0.15) is 0 Å². The number of carbonyl (C=O) groups is 1. The van der Waals surface area contributed by atoms with Crippen LogP contribution in [0.25, 0.3) is 0 Å². The Morgan fingerprint density at radius 3 is 2.57 bits per heavy atom. The number of ether oxygens (including phenoxy) is 1. The zero-order valence-electron chi connectivity index (χ0n) is 11.3. The molecular formula is C16H13Cl2FO2. The number of benzene rings is 2. The molecule has 21 heavy (non-hydrogen) atoms. The van der Waals surface area contributed by atoms with Crippen molar-refractivity contribution in [2.24, 2.45) is 0 Å². The van der Waals surface area contributed by atoms with Crippen LogP contribution in [-0.4, -0.2) is 11.9 Å². The van der Waals surface area contributed by atoms with Gasteiger partial charge >= 0.3 is 0 Å². The second kappa shape index (κ2) is 6.92. The molecule has 2 rings (SSSR count). The van der Waals surface area contributed by atoms with E-state index < -0.39 is 11.9 Å². The van der Waals surface area contributed by atoms with Gasteiger partial charge in [-0.05, 0) is 42.8 Å². The third-order valence-corrected chi connectivity index (χ3v) is 3.41. The van der Waals surface area contributed by atoms with Crippen LogP contribution >= 0.6 is 23.2 Å². The van der Waals surface area contributed by atoms with E-state index in [1.54, 1.807) is 37.3 Å². The van der Waals surface area contributed by atoms with E-state index in [9.17, 15) is 9.18 Å². The lowest BCUT2D eigenvalue weighted by Gasteiger charge is -2.14. The van der Waals surface area contributed by atoms with Gasteiger partial charge in [0.1, 0.15) is 11.6 Å². The minimum Gasteiger partial charge on any atom is -0.483 e. The molecule has 0 aliphatic heterocycles. The molecule has 0 heterocycles. The molecule has 2 aromatic carbocycles. The Kier molecular flexibility index (Phi) is 5.21. The fourth-order valence-electron chi connectivity index (χ4n) is 1.81. The summed E-state index contributed by atoms with van der Waals surface area (Å²) in [4.78, 5) is 12.1. The number of carbonyl (C=O) groups excluding carboxylic acids is 1. The fraction of sp³-hybridized carbons (Fsp3) is 0.188. The number of halogens is 3. The number of Topliss-reactive ketones (excluding diaryl/α,β-unsaturated/α-hetero) is 1. The number of hydrogen-bond acceptors (Lipinski definition) is 2. The van der Waals surface area contributed by atoms with E-state index in [2.05, 4.69) is 0 Å². The first-order valence-corrected chi connectivity index (χ1v) is 7.10. The van der Waals surface area contributed by atoms with Gasteiger partial charge in [-0.3, -0.25) is 4.79 Å². The van der Waals surface area contributed by atoms with E-state index in [0.29, 0.717) is 21.4 Å². The molecule has 0 aliphatic rings. The Morgan fingerprint density at radius 2 is 1.90 bits per heavy atom. The summed E-state index contributed by atoms with van der Waals surface area (Å²) in [6.07, 6.45) is -0.747. The lowest BCUT2D eigenvalue weighted by Crippen LogP contribution is -2.25. The molecule has 110 valence electrons. The monoisotopic (exact) mass is 326 g/mol. The summed E-state index contributed by atoms with van der Waals surface area (Å²) >= 11 is 11.5. The second-order valence-electron chi connectivity index (χ2n) is 4.60. The van der Waals surface area contributed by atoms with Gasteiger partial charge in [0, 0.05) is 16.5 Å². The first kappa shape index (κ1) is 15.8. The molecule has 0 radical (unpaired) electrons. The Hall–Kier alpha value is -1.58. The van der Waals surface area contributed by atoms with Crippen molar-refractivity contribution in [3.8, 4) is 5.75 Å². The van der Waals surface area contributed by atoms with Crippen LogP contribution in [0.3, 0.4) is 0 Å². The molecule has 2 nitrogen and oxygen atoms in total. The molecular weight excluding hydrogens is 314 g/mol. The number of rotatable bonds is 5. The van der Waals surface area contributed by atoms with Crippen LogP contribution in [-0.2, 0) is 11.2 Å². The molecule has 0 N–H and O–H groups in total. The second-order valence-corrected chi connectivity index (χ2v) is 5.47. The van der Waals surface area contributed by atoms with Gasteiger partial charge in [0.2, 0.25) is 0 Å². The number of hydrogen-bond donors (Lipinski definition) is 0. The largest absolute Gasteiger partial charge is 0.483 e. The van der Waals surface area contributed by atoms with Crippen molar-refractivity contribution >= 4 is 29.0 Å². The van der Waals surface area contributed by atoms with Gasteiger partial charge in [0.25, 0.3) is 0 Å². The van der Waals surface area contributed by atoms with E-state index in [1.165, 1.54) is 12.1 Å². The van der Waals surface area contributed by atoms with Gasteiger partial charge in [-0.15, -0.1) is 0 Å². The Bertz CT molecular complexity index is 658. The molecule has 0 aliphatic carbocycles. The first-order chi connectivity index (χ1) is 9.95. The van der Waals surface area contributed by atoms with Crippen LogP contribution < -0.4 is 4.74 Å². The average molecular weight is 327 g/mol. The van der Waals surface area contributed by atoms with Gasteiger partial charge in [0.05, 0.1) is 0 Å². The molecule has 0 saturated heterocycles. The van der Waals surface area contributed by atoms with Crippen molar-refractivity contribution in [1.29, 1.82) is 0 Å². The van der Waals surface area contributed by atoms with E-state index in [0.717, 1.165) is 0 Å². The summed E-state index contributed by atoms with van der Waals surface area (Å²) in [5.74, 6) is -0.220. The summed E-state index contributed by atoms with van der Waals surface area (Å²) in [5.41, 5.74) is 0.297.